The number of aromatic nitrogens is 3. The molecule has 2 fully saturated rings. The number of carbonyl (C=O) groups excluding carboxylic acids is 1. The van der Waals surface area contributed by atoms with Crippen molar-refractivity contribution in [1.82, 2.24) is 20.3 Å². The molecule has 1 aliphatic heterocycles. The zero-order chi connectivity index (χ0) is 19.8. The van der Waals surface area contributed by atoms with Crippen LogP contribution in [0.5, 0.6) is 0 Å². The molecule has 7 heteroatoms. The second-order valence-corrected chi connectivity index (χ2v) is 7.85. The Bertz CT molecular complexity index is 1120. The average Bonchev–Trinajstić information content (AvgIpc) is 3.50. The predicted octanol–water partition coefficient (Wildman–Crippen LogP) is 2.18. The number of benzene rings is 1. The summed E-state index contributed by atoms with van der Waals surface area (Å²) >= 11 is 0. The molecular formula is C22H22N4O3. The van der Waals surface area contributed by atoms with Gasteiger partial charge in [0, 0.05) is 29.6 Å². The standard InChI is InChI=1S/C22H22N4O3/c27-21(17-10-24-20(13-5-6-13)26-22(17)28)25-19-12-29-11-15(19)9-14-7-8-23-18-4-2-1-3-16(14)18/h1-4,7-8,10,13,15,19H,5-6,9,11-12H2,(H,25,27)(H,24,26,28). The molecule has 2 atom stereocenters. The summed E-state index contributed by atoms with van der Waals surface area (Å²) in [4.78, 5) is 36.4. The van der Waals surface area contributed by atoms with Crippen LogP contribution in [0.3, 0.4) is 0 Å². The maximum atomic E-state index is 12.7. The minimum absolute atomic E-state index is 0.0504. The summed E-state index contributed by atoms with van der Waals surface area (Å²) < 4.78 is 5.65. The first-order chi connectivity index (χ1) is 14.2. The van der Waals surface area contributed by atoms with Crippen molar-refractivity contribution >= 4 is 16.8 Å². The monoisotopic (exact) mass is 390 g/mol. The zero-order valence-electron chi connectivity index (χ0n) is 15.9. The highest BCUT2D eigenvalue weighted by Crippen LogP contribution is 2.37. The summed E-state index contributed by atoms with van der Waals surface area (Å²) in [6.07, 6.45) is 6.05. The zero-order valence-corrected chi connectivity index (χ0v) is 15.9. The van der Waals surface area contributed by atoms with Gasteiger partial charge in [-0.2, -0.15) is 0 Å². The van der Waals surface area contributed by atoms with Gasteiger partial charge in [-0.15, -0.1) is 0 Å². The number of pyridine rings is 1. The van der Waals surface area contributed by atoms with Gasteiger partial charge in [0.25, 0.3) is 11.5 Å². The van der Waals surface area contributed by atoms with Gasteiger partial charge in [-0.3, -0.25) is 14.6 Å². The maximum Gasteiger partial charge on any atom is 0.263 e. The second kappa shape index (κ2) is 7.40. The number of carbonyl (C=O) groups is 1. The lowest BCUT2D eigenvalue weighted by atomic mass is 9.93. The van der Waals surface area contributed by atoms with E-state index in [2.05, 4.69) is 26.3 Å². The Morgan fingerprint density at radius 3 is 2.86 bits per heavy atom. The molecule has 1 saturated heterocycles. The first kappa shape index (κ1) is 18.0. The SMILES string of the molecule is O=C(NC1COCC1Cc1ccnc2ccccc12)c1cnc(C2CC2)[nH]c1=O. The van der Waals surface area contributed by atoms with Crippen molar-refractivity contribution in [3.8, 4) is 0 Å². The first-order valence-electron chi connectivity index (χ1n) is 9.99. The normalized spacial score (nSPS) is 21.4. The summed E-state index contributed by atoms with van der Waals surface area (Å²) in [5.74, 6) is 0.740. The van der Waals surface area contributed by atoms with Gasteiger partial charge in [-0.25, -0.2) is 4.98 Å². The molecule has 1 aromatic carbocycles. The molecule has 148 valence electrons. The topological polar surface area (TPSA) is 97.0 Å². The number of amides is 1. The van der Waals surface area contributed by atoms with Crippen molar-refractivity contribution in [2.45, 2.75) is 31.2 Å². The summed E-state index contributed by atoms with van der Waals surface area (Å²) in [7, 11) is 0. The van der Waals surface area contributed by atoms with Crippen LogP contribution in [0.2, 0.25) is 0 Å². The van der Waals surface area contributed by atoms with Gasteiger partial charge in [0.1, 0.15) is 11.4 Å². The molecule has 0 bridgehead atoms. The molecular weight excluding hydrogens is 368 g/mol. The molecule has 5 rings (SSSR count). The number of nitrogens with one attached hydrogen (secondary N) is 2. The van der Waals surface area contributed by atoms with Crippen molar-refractivity contribution in [3.05, 3.63) is 70.0 Å². The third kappa shape index (κ3) is 3.65. The number of rotatable bonds is 5. The van der Waals surface area contributed by atoms with Crippen LogP contribution in [-0.2, 0) is 11.2 Å². The van der Waals surface area contributed by atoms with Crippen LogP contribution in [0, 0.1) is 5.92 Å². The minimum atomic E-state index is -0.402. The lowest BCUT2D eigenvalue weighted by Crippen LogP contribution is -2.42. The van der Waals surface area contributed by atoms with Crippen LogP contribution in [0.1, 0.15) is 40.5 Å². The van der Waals surface area contributed by atoms with Gasteiger partial charge in [-0.1, -0.05) is 18.2 Å². The van der Waals surface area contributed by atoms with E-state index in [1.807, 2.05) is 30.5 Å². The fraction of sp³-hybridized carbons (Fsp3) is 0.364. The number of H-pyrrole nitrogens is 1. The van der Waals surface area contributed by atoms with Gasteiger partial charge in [0.15, 0.2) is 0 Å². The number of para-hydroxylation sites is 1. The highest BCUT2D eigenvalue weighted by Gasteiger charge is 2.31. The van der Waals surface area contributed by atoms with Crippen LogP contribution < -0.4 is 10.9 Å². The molecule has 29 heavy (non-hydrogen) atoms. The van der Waals surface area contributed by atoms with E-state index in [4.69, 9.17) is 4.74 Å². The van der Waals surface area contributed by atoms with E-state index in [0.29, 0.717) is 25.0 Å². The summed E-state index contributed by atoms with van der Waals surface area (Å²) in [6, 6.07) is 9.90. The van der Waals surface area contributed by atoms with E-state index in [1.54, 1.807) is 0 Å². The van der Waals surface area contributed by atoms with Gasteiger partial charge < -0.3 is 15.0 Å². The molecule has 3 heterocycles. The van der Waals surface area contributed by atoms with E-state index < -0.39 is 5.91 Å². The number of aromatic amines is 1. The molecule has 2 aliphatic rings. The Morgan fingerprint density at radius 1 is 1.17 bits per heavy atom. The molecule has 1 saturated carbocycles. The Balaban J connectivity index is 1.32. The van der Waals surface area contributed by atoms with Crippen molar-refractivity contribution in [3.63, 3.8) is 0 Å². The van der Waals surface area contributed by atoms with Crippen molar-refractivity contribution in [2.24, 2.45) is 5.92 Å². The van der Waals surface area contributed by atoms with E-state index >= 15 is 0 Å². The van der Waals surface area contributed by atoms with Crippen LogP contribution in [0.4, 0.5) is 0 Å². The number of nitrogens with zero attached hydrogens (tertiary/aromatic N) is 2. The molecule has 3 aromatic rings. The number of hydrogen-bond acceptors (Lipinski definition) is 5. The second-order valence-electron chi connectivity index (χ2n) is 7.85. The molecule has 2 unspecified atom stereocenters. The Labute approximate surface area is 167 Å². The largest absolute Gasteiger partial charge is 0.379 e. The fourth-order valence-corrected chi connectivity index (χ4v) is 3.96. The Morgan fingerprint density at radius 2 is 2.03 bits per heavy atom. The number of hydrogen-bond donors (Lipinski definition) is 2. The van der Waals surface area contributed by atoms with Gasteiger partial charge >= 0.3 is 0 Å². The van der Waals surface area contributed by atoms with Gasteiger partial charge in [-0.05, 0) is 37.0 Å². The maximum absolute atomic E-state index is 12.7. The van der Waals surface area contributed by atoms with E-state index in [-0.39, 0.29) is 23.1 Å². The molecule has 1 amide bonds. The van der Waals surface area contributed by atoms with E-state index in [0.717, 1.165) is 30.2 Å². The smallest absolute Gasteiger partial charge is 0.263 e. The fourth-order valence-electron chi connectivity index (χ4n) is 3.96. The average molecular weight is 390 g/mol. The molecule has 0 spiro atoms. The third-order valence-corrected chi connectivity index (χ3v) is 5.76. The van der Waals surface area contributed by atoms with Crippen LogP contribution >= 0.6 is 0 Å². The van der Waals surface area contributed by atoms with Crippen LogP contribution in [-0.4, -0.2) is 40.1 Å². The summed E-state index contributed by atoms with van der Waals surface area (Å²) in [5, 5.41) is 4.09. The van der Waals surface area contributed by atoms with E-state index in [1.165, 1.54) is 11.8 Å². The van der Waals surface area contributed by atoms with Crippen LogP contribution in [0.25, 0.3) is 10.9 Å². The van der Waals surface area contributed by atoms with Crippen molar-refractivity contribution in [1.29, 1.82) is 0 Å². The highest BCUT2D eigenvalue weighted by molar-refractivity contribution is 5.93. The predicted molar refractivity (Wildman–Crippen MR) is 108 cm³/mol. The quantitative estimate of drug-likeness (QED) is 0.696. The van der Waals surface area contributed by atoms with Crippen molar-refractivity contribution in [2.75, 3.05) is 13.2 Å². The van der Waals surface area contributed by atoms with Gasteiger partial charge in [0.2, 0.25) is 0 Å². The third-order valence-electron chi connectivity index (χ3n) is 5.76. The Kier molecular flexibility index (Phi) is 4.60. The molecule has 2 N–H and O–H groups in total. The highest BCUT2D eigenvalue weighted by atomic mass is 16.5. The lowest BCUT2D eigenvalue weighted by molar-refractivity contribution is 0.0923. The van der Waals surface area contributed by atoms with Gasteiger partial charge in [0.05, 0.1) is 24.8 Å². The number of ether oxygens (including phenoxy) is 1. The molecule has 1 aliphatic carbocycles. The first-order valence-corrected chi connectivity index (χ1v) is 9.99. The molecule has 2 aromatic heterocycles. The molecule has 7 nitrogen and oxygen atoms in total. The Hall–Kier alpha value is -3.06. The van der Waals surface area contributed by atoms with Crippen molar-refractivity contribution < 1.29 is 9.53 Å². The lowest BCUT2D eigenvalue weighted by Gasteiger charge is -2.19. The number of fused-ring (bicyclic) bond motifs is 1. The summed E-state index contributed by atoms with van der Waals surface area (Å²) in [6.45, 7) is 1.00. The molecule has 0 radical (unpaired) electrons. The van der Waals surface area contributed by atoms with Crippen LogP contribution in [0.15, 0.2) is 47.5 Å². The summed E-state index contributed by atoms with van der Waals surface area (Å²) in [5.41, 5.74) is 1.81. The minimum Gasteiger partial charge on any atom is -0.379 e. The van der Waals surface area contributed by atoms with E-state index in [9.17, 15) is 9.59 Å².